The molecule has 5 heteroatoms. The Kier molecular flexibility index (Phi) is 5.39. The molecule has 0 fully saturated rings. The summed E-state index contributed by atoms with van der Waals surface area (Å²) in [5.41, 5.74) is 1.89. The average molecular weight is 349 g/mol. The van der Waals surface area contributed by atoms with Crippen molar-refractivity contribution in [3.63, 3.8) is 0 Å². The van der Waals surface area contributed by atoms with Crippen molar-refractivity contribution in [1.29, 1.82) is 0 Å². The molecule has 0 saturated carbocycles. The van der Waals surface area contributed by atoms with Crippen LogP contribution in [0.15, 0.2) is 71.3 Å². The third-order valence-corrected chi connectivity index (χ3v) is 3.80. The van der Waals surface area contributed by atoms with Gasteiger partial charge < -0.3 is 19.2 Å². The molecule has 0 unspecified atom stereocenters. The molecule has 1 N–H and O–H groups in total. The van der Waals surface area contributed by atoms with E-state index in [1.54, 1.807) is 56.9 Å². The third-order valence-electron chi connectivity index (χ3n) is 3.80. The number of rotatable bonds is 6. The first-order valence-electron chi connectivity index (χ1n) is 8.05. The van der Waals surface area contributed by atoms with Gasteiger partial charge >= 0.3 is 0 Å². The molecule has 0 aliphatic carbocycles. The lowest BCUT2D eigenvalue weighted by Crippen LogP contribution is -2.13. The Balaban J connectivity index is 1.91. The second-order valence-electron chi connectivity index (χ2n) is 5.46. The van der Waals surface area contributed by atoms with Crippen LogP contribution in [0.25, 0.3) is 11.6 Å². The number of anilines is 1. The summed E-state index contributed by atoms with van der Waals surface area (Å²) in [6.07, 6.45) is 3.28. The Morgan fingerprint density at radius 2 is 1.73 bits per heavy atom. The number of benzene rings is 2. The first-order chi connectivity index (χ1) is 12.7. The number of hydrogen-bond donors (Lipinski definition) is 1. The molecular formula is C21H19NO4. The van der Waals surface area contributed by atoms with Gasteiger partial charge in [-0.05, 0) is 35.9 Å². The van der Waals surface area contributed by atoms with Gasteiger partial charge in [-0.25, -0.2) is 0 Å². The van der Waals surface area contributed by atoms with Crippen LogP contribution in [0.2, 0.25) is 0 Å². The molecular weight excluding hydrogens is 330 g/mol. The summed E-state index contributed by atoms with van der Waals surface area (Å²) in [4.78, 5) is 12.9. The Morgan fingerprint density at radius 3 is 2.38 bits per heavy atom. The van der Waals surface area contributed by atoms with Crippen molar-refractivity contribution < 1.29 is 18.7 Å². The van der Waals surface area contributed by atoms with E-state index in [0.29, 0.717) is 28.5 Å². The van der Waals surface area contributed by atoms with Crippen LogP contribution in [0.3, 0.4) is 0 Å². The first-order valence-corrected chi connectivity index (χ1v) is 8.05. The lowest BCUT2D eigenvalue weighted by molar-refractivity contribution is -0.111. The predicted molar refractivity (Wildman–Crippen MR) is 101 cm³/mol. The van der Waals surface area contributed by atoms with E-state index in [1.165, 1.54) is 0 Å². The van der Waals surface area contributed by atoms with Crippen LogP contribution in [0.1, 0.15) is 11.3 Å². The number of carbonyl (C=O) groups excluding carboxylic acids is 1. The van der Waals surface area contributed by atoms with Crippen molar-refractivity contribution in [2.75, 3.05) is 19.5 Å². The van der Waals surface area contributed by atoms with E-state index in [0.717, 1.165) is 5.56 Å². The summed E-state index contributed by atoms with van der Waals surface area (Å²) >= 11 is 0. The number of ether oxygens (including phenoxy) is 2. The van der Waals surface area contributed by atoms with Gasteiger partial charge in [-0.2, -0.15) is 0 Å². The maximum atomic E-state index is 12.9. The minimum atomic E-state index is -0.250. The number of amides is 1. The summed E-state index contributed by atoms with van der Waals surface area (Å²) < 4.78 is 15.9. The normalized spacial score (nSPS) is 11.1. The highest BCUT2D eigenvalue weighted by Crippen LogP contribution is 2.30. The van der Waals surface area contributed by atoms with Crippen LogP contribution in [-0.2, 0) is 4.79 Å². The summed E-state index contributed by atoms with van der Waals surface area (Å²) in [7, 11) is 3.12. The standard InChI is InChI=1S/C21H19NO4/c1-24-19-11-10-16(13-20(19)25-2)22-21(23)18(14-17-9-6-12-26-17)15-7-4-3-5-8-15/h3-14H,1-2H3,(H,22,23)/b18-14+. The third kappa shape index (κ3) is 3.95. The van der Waals surface area contributed by atoms with Gasteiger partial charge in [0.2, 0.25) is 0 Å². The molecule has 0 aliphatic rings. The molecule has 0 saturated heterocycles. The molecule has 132 valence electrons. The first kappa shape index (κ1) is 17.4. The van der Waals surface area contributed by atoms with Crippen molar-refractivity contribution in [3.8, 4) is 11.5 Å². The molecule has 0 spiro atoms. The fraction of sp³-hybridized carbons (Fsp3) is 0.0952. The van der Waals surface area contributed by atoms with Gasteiger partial charge in [-0.1, -0.05) is 30.3 Å². The van der Waals surface area contributed by atoms with Gasteiger partial charge in [0.25, 0.3) is 5.91 Å². The van der Waals surface area contributed by atoms with Crippen molar-refractivity contribution in [2.24, 2.45) is 0 Å². The monoisotopic (exact) mass is 349 g/mol. The van der Waals surface area contributed by atoms with Crippen LogP contribution in [0.4, 0.5) is 5.69 Å². The van der Waals surface area contributed by atoms with E-state index < -0.39 is 0 Å². The summed E-state index contributed by atoms with van der Waals surface area (Å²) in [5, 5.41) is 2.89. The number of carbonyl (C=O) groups is 1. The molecule has 0 radical (unpaired) electrons. The summed E-state index contributed by atoms with van der Waals surface area (Å²) in [6.45, 7) is 0. The highest BCUT2D eigenvalue weighted by molar-refractivity contribution is 6.29. The summed E-state index contributed by atoms with van der Waals surface area (Å²) in [6, 6.07) is 18.2. The number of nitrogens with one attached hydrogen (secondary N) is 1. The SMILES string of the molecule is COc1ccc(NC(=O)/C(=C/c2ccco2)c2ccccc2)cc1OC. The van der Waals surface area contributed by atoms with Gasteiger partial charge in [0.05, 0.1) is 26.1 Å². The molecule has 0 bridgehead atoms. The molecule has 1 amide bonds. The Bertz CT molecular complexity index is 899. The molecule has 3 aromatic rings. The van der Waals surface area contributed by atoms with Crippen LogP contribution >= 0.6 is 0 Å². The molecule has 0 aliphatic heterocycles. The molecule has 0 atom stereocenters. The van der Waals surface area contributed by atoms with Crippen LogP contribution in [0.5, 0.6) is 11.5 Å². The van der Waals surface area contributed by atoms with Crippen molar-refractivity contribution in [1.82, 2.24) is 0 Å². The van der Waals surface area contributed by atoms with Gasteiger partial charge in [-0.15, -0.1) is 0 Å². The second kappa shape index (κ2) is 8.07. The highest BCUT2D eigenvalue weighted by Gasteiger charge is 2.14. The van der Waals surface area contributed by atoms with Crippen LogP contribution < -0.4 is 14.8 Å². The maximum absolute atomic E-state index is 12.9. The van der Waals surface area contributed by atoms with Gasteiger partial charge in [-0.3, -0.25) is 4.79 Å². The topological polar surface area (TPSA) is 60.7 Å². The van der Waals surface area contributed by atoms with Crippen molar-refractivity contribution >= 4 is 23.2 Å². The van der Waals surface area contributed by atoms with E-state index in [2.05, 4.69) is 5.32 Å². The van der Waals surface area contributed by atoms with E-state index in [-0.39, 0.29) is 5.91 Å². The lowest BCUT2D eigenvalue weighted by atomic mass is 10.0. The number of hydrogen-bond acceptors (Lipinski definition) is 4. The zero-order valence-corrected chi connectivity index (χ0v) is 14.6. The fourth-order valence-corrected chi connectivity index (χ4v) is 2.53. The molecule has 3 rings (SSSR count). The predicted octanol–water partition coefficient (Wildman–Crippen LogP) is 4.48. The Morgan fingerprint density at radius 1 is 0.962 bits per heavy atom. The average Bonchev–Trinajstić information content (AvgIpc) is 3.20. The quantitative estimate of drug-likeness (QED) is 0.667. The van der Waals surface area contributed by atoms with Crippen LogP contribution in [-0.4, -0.2) is 20.1 Å². The Labute approximate surface area is 151 Å². The van der Waals surface area contributed by atoms with Gasteiger partial charge in [0.1, 0.15) is 5.76 Å². The van der Waals surface area contributed by atoms with E-state index >= 15 is 0 Å². The zero-order chi connectivity index (χ0) is 18.4. The van der Waals surface area contributed by atoms with E-state index in [4.69, 9.17) is 13.9 Å². The highest BCUT2D eigenvalue weighted by atomic mass is 16.5. The summed E-state index contributed by atoms with van der Waals surface area (Å²) in [5.74, 6) is 1.49. The minimum absolute atomic E-state index is 0.250. The number of methoxy groups -OCH3 is 2. The fourth-order valence-electron chi connectivity index (χ4n) is 2.53. The molecule has 5 nitrogen and oxygen atoms in total. The maximum Gasteiger partial charge on any atom is 0.256 e. The van der Waals surface area contributed by atoms with Crippen molar-refractivity contribution in [3.05, 3.63) is 78.3 Å². The van der Waals surface area contributed by atoms with E-state index in [9.17, 15) is 4.79 Å². The zero-order valence-electron chi connectivity index (χ0n) is 14.6. The largest absolute Gasteiger partial charge is 0.493 e. The van der Waals surface area contributed by atoms with Crippen LogP contribution in [0, 0.1) is 0 Å². The molecule has 26 heavy (non-hydrogen) atoms. The van der Waals surface area contributed by atoms with Gasteiger partial charge in [0.15, 0.2) is 11.5 Å². The molecule has 2 aromatic carbocycles. The Hall–Kier alpha value is -3.47. The lowest BCUT2D eigenvalue weighted by Gasteiger charge is -2.12. The number of furan rings is 1. The van der Waals surface area contributed by atoms with Crippen molar-refractivity contribution in [2.45, 2.75) is 0 Å². The smallest absolute Gasteiger partial charge is 0.256 e. The molecule has 1 aromatic heterocycles. The van der Waals surface area contributed by atoms with Gasteiger partial charge in [0, 0.05) is 11.8 Å². The minimum Gasteiger partial charge on any atom is -0.493 e. The molecule has 1 heterocycles. The van der Waals surface area contributed by atoms with E-state index in [1.807, 2.05) is 30.3 Å². The second-order valence-corrected chi connectivity index (χ2v) is 5.46.